The Morgan fingerprint density at radius 1 is 1.47 bits per heavy atom. The fraction of sp³-hybridized carbons (Fsp3) is 0.273. The molecule has 2 aromatic rings. The summed E-state index contributed by atoms with van der Waals surface area (Å²) in [6.07, 6.45) is 0. The van der Waals surface area contributed by atoms with Crippen molar-refractivity contribution in [2.24, 2.45) is 0 Å². The highest BCUT2D eigenvalue weighted by molar-refractivity contribution is 9.10. The van der Waals surface area contributed by atoms with Crippen molar-refractivity contribution in [3.63, 3.8) is 0 Å². The van der Waals surface area contributed by atoms with Crippen LogP contribution in [-0.4, -0.2) is 27.7 Å². The van der Waals surface area contributed by atoms with Crippen molar-refractivity contribution < 1.29 is 5.11 Å². The van der Waals surface area contributed by atoms with Gasteiger partial charge in [0.1, 0.15) is 5.82 Å². The molecular weight excluding hydrogens is 284 g/mol. The number of benzene rings is 1. The molecule has 1 atom stereocenters. The molecule has 0 saturated carbocycles. The minimum atomic E-state index is -0.0869. The van der Waals surface area contributed by atoms with Crippen molar-refractivity contribution in [2.45, 2.75) is 13.0 Å². The summed E-state index contributed by atoms with van der Waals surface area (Å²) in [5.74, 6) is 0.852. The average molecular weight is 297 g/mol. The second-order valence-corrected chi connectivity index (χ2v) is 4.74. The molecule has 0 bridgehead atoms. The molecule has 17 heavy (non-hydrogen) atoms. The summed E-state index contributed by atoms with van der Waals surface area (Å²) in [7, 11) is 0. The van der Waals surface area contributed by atoms with Gasteiger partial charge in [0, 0.05) is 15.9 Å². The standard InChI is InChI=1S/C11H13BrN4O/c1-6(5-17)14-10-8-3-2-7(12)4-9(8)15-11(13)16-10/h2-4,6,17H,5H2,1H3,(H3,13,14,15,16)/t6-/m0/s1. The lowest BCUT2D eigenvalue weighted by atomic mass is 10.2. The van der Waals surface area contributed by atoms with Gasteiger partial charge in [-0.15, -0.1) is 0 Å². The Morgan fingerprint density at radius 2 is 2.24 bits per heavy atom. The zero-order valence-corrected chi connectivity index (χ0v) is 10.9. The molecule has 2 rings (SSSR count). The second kappa shape index (κ2) is 4.85. The molecule has 0 aliphatic rings. The Balaban J connectivity index is 2.53. The van der Waals surface area contributed by atoms with Crippen molar-refractivity contribution in [2.75, 3.05) is 17.7 Å². The number of rotatable bonds is 3. The highest BCUT2D eigenvalue weighted by Crippen LogP contribution is 2.24. The smallest absolute Gasteiger partial charge is 0.222 e. The third-order valence-corrected chi connectivity index (χ3v) is 2.83. The van der Waals surface area contributed by atoms with Gasteiger partial charge in [-0.3, -0.25) is 0 Å². The molecule has 0 saturated heterocycles. The van der Waals surface area contributed by atoms with Crippen molar-refractivity contribution in [3.8, 4) is 0 Å². The number of nitrogens with one attached hydrogen (secondary N) is 1. The van der Waals surface area contributed by atoms with Crippen LogP contribution in [0.5, 0.6) is 0 Å². The average Bonchev–Trinajstić information content (AvgIpc) is 2.27. The summed E-state index contributed by atoms with van der Waals surface area (Å²) >= 11 is 3.38. The molecule has 5 nitrogen and oxygen atoms in total. The predicted octanol–water partition coefficient (Wildman–Crippen LogP) is 1.77. The first kappa shape index (κ1) is 12.1. The van der Waals surface area contributed by atoms with Crippen LogP contribution in [0.4, 0.5) is 11.8 Å². The molecule has 0 amide bonds. The lowest BCUT2D eigenvalue weighted by Crippen LogP contribution is -2.20. The lowest BCUT2D eigenvalue weighted by Gasteiger charge is -2.13. The van der Waals surface area contributed by atoms with Gasteiger partial charge < -0.3 is 16.2 Å². The maximum Gasteiger partial charge on any atom is 0.222 e. The van der Waals surface area contributed by atoms with Gasteiger partial charge in [0.25, 0.3) is 0 Å². The Kier molecular flexibility index (Phi) is 3.44. The lowest BCUT2D eigenvalue weighted by molar-refractivity contribution is 0.281. The number of nitrogens with two attached hydrogens (primary N) is 1. The number of anilines is 2. The SMILES string of the molecule is C[C@@H](CO)Nc1nc(N)nc2cc(Br)ccc12. The van der Waals surface area contributed by atoms with Crippen molar-refractivity contribution in [1.29, 1.82) is 0 Å². The molecule has 0 unspecified atom stereocenters. The number of halogens is 1. The van der Waals surface area contributed by atoms with Crippen LogP contribution in [-0.2, 0) is 0 Å². The van der Waals surface area contributed by atoms with Crippen molar-refractivity contribution in [3.05, 3.63) is 22.7 Å². The maximum absolute atomic E-state index is 9.04. The Hall–Kier alpha value is -1.40. The van der Waals surface area contributed by atoms with Crippen LogP contribution >= 0.6 is 15.9 Å². The first-order valence-electron chi connectivity index (χ1n) is 5.20. The van der Waals surface area contributed by atoms with Gasteiger partial charge >= 0.3 is 0 Å². The van der Waals surface area contributed by atoms with Crippen LogP contribution in [0.3, 0.4) is 0 Å². The highest BCUT2D eigenvalue weighted by atomic mass is 79.9. The van der Waals surface area contributed by atoms with E-state index in [2.05, 4.69) is 31.2 Å². The topological polar surface area (TPSA) is 84.1 Å². The van der Waals surface area contributed by atoms with E-state index in [0.717, 1.165) is 15.4 Å². The van der Waals surface area contributed by atoms with E-state index in [1.54, 1.807) is 0 Å². The zero-order valence-electron chi connectivity index (χ0n) is 9.31. The second-order valence-electron chi connectivity index (χ2n) is 3.82. The number of hydrogen-bond acceptors (Lipinski definition) is 5. The van der Waals surface area contributed by atoms with Crippen LogP contribution < -0.4 is 11.1 Å². The third-order valence-electron chi connectivity index (χ3n) is 2.33. The van der Waals surface area contributed by atoms with Gasteiger partial charge in [0.15, 0.2) is 0 Å². The summed E-state index contributed by atoms with van der Waals surface area (Å²) in [4.78, 5) is 8.31. The van der Waals surface area contributed by atoms with Crippen LogP contribution in [0.15, 0.2) is 22.7 Å². The molecule has 1 aromatic carbocycles. The van der Waals surface area contributed by atoms with E-state index in [1.807, 2.05) is 25.1 Å². The van der Waals surface area contributed by atoms with E-state index in [9.17, 15) is 0 Å². The number of aliphatic hydroxyl groups is 1. The van der Waals surface area contributed by atoms with Crippen molar-refractivity contribution >= 4 is 38.6 Å². The van der Waals surface area contributed by atoms with Crippen molar-refractivity contribution in [1.82, 2.24) is 9.97 Å². The number of nitrogens with zero attached hydrogens (tertiary/aromatic N) is 2. The minimum absolute atomic E-state index is 0.0297. The first-order valence-corrected chi connectivity index (χ1v) is 5.99. The van der Waals surface area contributed by atoms with E-state index in [4.69, 9.17) is 10.8 Å². The quantitative estimate of drug-likeness (QED) is 0.804. The van der Waals surface area contributed by atoms with E-state index in [1.165, 1.54) is 0 Å². The van der Waals surface area contributed by atoms with Gasteiger partial charge in [0.2, 0.25) is 5.95 Å². The van der Waals surface area contributed by atoms with Gasteiger partial charge in [-0.25, -0.2) is 4.98 Å². The van der Waals surface area contributed by atoms with Crippen LogP contribution in [0.1, 0.15) is 6.92 Å². The molecule has 4 N–H and O–H groups in total. The summed E-state index contributed by atoms with van der Waals surface area (Å²) in [5.41, 5.74) is 6.42. The van der Waals surface area contributed by atoms with Gasteiger partial charge in [-0.1, -0.05) is 15.9 Å². The van der Waals surface area contributed by atoms with E-state index >= 15 is 0 Å². The molecule has 90 valence electrons. The van der Waals surface area contributed by atoms with Crippen LogP contribution in [0.25, 0.3) is 10.9 Å². The van der Waals surface area contributed by atoms with E-state index in [0.29, 0.717) is 5.82 Å². The molecule has 1 heterocycles. The van der Waals surface area contributed by atoms with E-state index < -0.39 is 0 Å². The third kappa shape index (κ3) is 2.65. The highest BCUT2D eigenvalue weighted by Gasteiger charge is 2.08. The monoisotopic (exact) mass is 296 g/mol. The fourth-order valence-corrected chi connectivity index (χ4v) is 1.86. The number of hydrogen-bond donors (Lipinski definition) is 3. The molecule has 0 fully saturated rings. The first-order chi connectivity index (χ1) is 8.10. The van der Waals surface area contributed by atoms with Gasteiger partial charge in [0.05, 0.1) is 12.1 Å². The predicted molar refractivity (Wildman–Crippen MR) is 71.8 cm³/mol. The molecule has 0 spiro atoms. The fourth-order valence-electron chi connectivity index (χ4n) is 1.51. The number of aromatic nitrogens is 2. The molecule has 6 heteroatoms. The summed E-state index contributed by atoms with van der Waals surface area (Å²) < 4.78 is 0.934. The number of aliphatic hydroxyl groups excluding tert-OH is 1. The maximum atomic E-state index is 9.04. The molecular formula is C11H13BrN4O. The normalized spacial score (nSPS) is 12.6. The summed E-state index contributed by atoms with van der Waals surface area (Å²) in [6, 6.07) is 5.61. The zero-order chi connectivity index (χ0) is 12.4. The Labute approximate surface area is 107 Å². The largest absolute Gasteiger partial charge is 0.394 e. The number of nitrogen functional groups attached to an aromatic ring is 1. The molecule has 0 aliphatic heterocycles. The van der Waals surface area contributed by atoms with Gasteiger partial charge in [-0.2, -0.15) is 4.98 Å². The van der Waals surface area contributed by atoms with Gasteiger partial charge in [-0.05, 0) is 25.1 Å². The van der Waals surface area contributed by atoms with E-state index in [-0.39, 0.29) is 18.6 Å². The number of fused-ring (bicyclic) bond motifs is 1. The molecule has 1 aromatic heterocycles. The van der Waals surface area contributed by atoms with Crippen LogP contribution in [0.2, 0.25) is 0 Å². The summed E-state index contributed by atoms with van der Waals surface area (Å²) in [5, 5.41) is 13.0. The van der Waals surface area contributed by atoms with Crippen LogP contribution in [0, 0.1) is 0 Å². The Bertz CT molecular complexity index is 541. The molecule has 0 aliphatic carbocycles. The molecule has 0 radical (unpaired) electrons. The minimum Gasteiger partial charge on any atom is -0.394 e. The Morgan fingerprint density at radius 3 is 2.94 bits per heavy atom. The summed E-state index contributed by atoms with van der Waals surface area (Å²) in [6.45, 7) is 1.89.